The summed E-state index contributed by atoms with van der Waals surface area (Å²) in [4.78, 5) is 8.59. The average molecular weight is 490 g/mol. The van der Waals surface area contributed by atoms with Crippen LogP contribution in [0.2, 0.25) is 0 Å². The normalized spacial score (nSPS) is 15.6. The van der Waals surface area contributed by atoms with Gasteiger partial charge >= 0.3 is 0 Å². The number of hydrogen-bond acceptors (Lipinski definition) is 5. The first-order valence-corrected chi connectivity index (χ1v) is 12.6. The molecular weight excluding hydrogens is 458 g/mol. The molecule has 5 rings (SSSR count). The molecule has 0 aliphatic carbocycles. The lowest BCUT2D eigenvalue weighted by molar-refractivity contribution is 0.113. The van der Waals surface area contributed by atoms with Crippen LogP contribution in [0.3, 0.4) is 0 Å². The molecule has 2 heterocycles. The van der Waals surface area contributed by atoms with Crippen LogP contribution >= 0.6 is 0 Å². The largest absolute Gasteiger partial charge is 0.297 e. The number of tetrazole rings is 1. The van der Waals surface area contributed by atoms with Gasteiger partial charge in [-0.3, -0.25) is 9.80 Å². The van der Waals surface area contributed by atoms with Crippen molar-refractivity contribution in [2.45, 2.75) is 19.9 Å². The van der Waals surface area contributed by atoms with Crippen LogP contribution in [-0.4, -0.2) is 62.7 Å². The van der Waals surface area contributed by atoms with Crippen molar-refractivity contribution in [3.05, 3.63) is 118 Å². The second-order valence-electron chi connectivity index (χ2n) is 9.45. The van der Waals surface area contributed by atoms with Crippen LogP contribution in [0.5, 0.6) is 0 Å². The molecule has 0 bridgehead atoms. The lowest BCUT2D eigenvalue weighted by Crippen LogP contribution is -2.48. The van der Waals surface area contributed by atoms with E-state index in [-0.39, 0.29) is 6.04 Å². The van der Waals surface area contributed by atoms with Crippen LogP contribution in [0.25, 0.3) is 16.6 Å². The summed E-state index contributed by atoms with van der Waals surface area (Å²) in [7, 11) is 0. The van der Waals surface area contributed by atoms with E-state index < -0.39 is 0 Å². The Kier molecular flexibility index (Phi) is 7.50. The van der Waals surface area contributed by atoms with E-state index >= 15 is 0 Å². The summed E-state index contributed by atoms with van der Waals surface area (Å²) in [6.07, 6.45) is 4.42. The molecule has 1 aliphatic rings. The predicted octanol–water partition coefficient (Wildman–Crippen LogP) is 5.25. The molecule has 3 aromatic carbocycles. The van der Waals surface area contributed by atoms with Crippen molar-refractivity contribution >= 4 is 11.8 Å². The molecule has 186 valence electrons. The van der Waals surface area contributed by atoms with Crippen molar-refractivity contribution in [2.24, 2.45) is 0 Å². The summed E-state index contributed by atoms with van der Waals surface area (Å²) >= 11 is 0. The van der Waals surface area contributed by atoms with E-state index in [9.17, 15) is 0 Å². The monoisotopic (exact) mass is 489 g/mol. The molecule has 7 nitrogen and oxygen atoms in total. The molecule has 1 fully saturated rings. The van der Waals surface area contributed by atoms with Gasteiger partial charge in [-0.2, -0.15) is 4.68 Å². The van der Waals surface area contributed by atoms with Gasteiger partial charge in [-0.15, -0.1) is 5.10 Å². The Balaban J connectivity index is 1.41. The highest BCUT2D eigenvalue weighted by Gasteiger charge is 2.31. The highest BCUT2D eigenvalue weighted by molar-refractivity contribution is 5.50. The third-order valence-electron chi connectivity index (χ3n) is 6.95. The Morgan fingerprint density at radius 2 is 1.65 bits per heavy atom. The number of aryl methyl sites for hydroxylation is 2. The summed E-state index contributed by atoms with van der Waals surface area (Å²) in [6, 6.07) is 24.3. The number of benzene rings is 3. The molecule has 1 atom stereocenters. The van der Waals surface area contributed by atoms with E-state index in [1.54, 1.807) is 0 Å². The summed E-state index contributed by atoms with van der Waals surface area (Å²) < 4.78 is 1.88. The minimum absolute atomic E-state index is 0.155. The minimum Gasteiger partial charge on any atom is -0.297 e. The second kappa shape index (κ2) is 11.3. The molecule has 0 amide bonds. The SMILES string of the molecule is [C-]#[N+]c1cccc([C@H](c2nnnn2-c2c(C)cccc2C)N2CCN(CC=Cc3ccccc3)CC2)c1. The maximum atomic E-state index is 7.54. The third kappa shape index (κ3) is 5.51. The topological polar surface area (TPSA) is 54.4 Å². The first kappa shape index (κ1) is 24.6. The molecule has 0 radical (unpaired) electrons. The molecule has 37 heavy (non-hydrogen) atoms. The summed E-state index contributed by atoms with van der Waals surface area (Å²) in [5, 5.41) is 13.1. The van der Waals surface area contributed by atoms with Gasteiger partial charge in [0.05, 0.1) is 18.3 Å². The van der Waals surface area contributed by atoms with Crippen molar-refractivity contribution in [3.63, 3.8) is 0 Å². The van der Waals surface area contributed by atoms with Crippen LogP contribution in [0.15, 0.2) is 78.9 Å². The molecule has 1 saturated heterocycles. The summed E-state index contributed by atoms with van der Waals surface area (Å²) in [6.45, 7) is 16.3. The fourth-order valence-electron chi connectivity index (χ4n) is 5.06. The number of rotatable bonds is 7. The van der Waals surface area contributed by atoms with Gasteiger partial charge in [0.25, 0.3) is 0 Å². The Labute approximate surface area is 218 Å². The number of aromatic nitrogens is 4. The first-order valence-electron chi connectivity index (χ1n) is 12.6. The average Bonchev–Trinajstić information content (AvgIpc) is 3.39. The Morgan fingerprint density at radius 1 is 0.919 bits per heavy atom. The van der Waals surface area contributed by atoms with E-state index in [1.165, 1.54) is 5.56 Å². The van der Waals surface area contributed by atoms with Gasteiger partial charge in [0.1, 0.15) is 0 Å². The van der Waals surface area contributed by atoms with Gasteiger partial charge in [0.15, 0.2) is 11.5 Å². The molecule has 0 spiro atoms. The zero-order valence-corrected chi connectivity index (χ0v) is 21.3. The molecule has 0 unspecified atom stereocenters. The second-order valence-corrected chi connectivity index (χ2v) is 9.45. The molecule has 0 saturated carbocycles. The highest BCUT2D eigenvalue weighted by atomic mass is 15.6. The Morgan fingerprint density at radius 3 is 2.38 bits per heavy atom. The van der Waals surface area contributed by atoms with Crippen LogP contribution in [0, 0.1) is 20.4 Å². The lowest BCUT2D eigenvalue weighted by atomic mass is 10.0. The third-order valence-corrected chi connectivity index (χ3v) is 6.95. The lowest BCUT2D eigenvalue weighted by Gasteiger charge is -2.38. The van der Waals surface area contributed by atoms with Crippen molar-refractivity contribution in [1.29, 1.82) is 0 Å². The minimum atomic E-state index is -0.155. The predicted molar refractivity (Wildman–Crippen MR) is 147 cm³/mol. The zero-order chi connectivity index (χ0) is 25.6. The molecule has 1 aliphatic heterocycles. The van der Waals surface area contributed by atoms with Gasteiger partial charge in [-0.05, 0) is 46.5 Å². The molecule has 1 aromatic heterocycles. The van der Waals surface area contributed by atoms with E-state index in [0.717, 1.165) is 60.9 Å². The van der Waals surface area contributed by atoms with Gasteiger partial charge in [0.2, 0.25) is 0 Å². The van der Waals surface area contributed by atoms with E-state index in [1.807, 2.05) is 28.9 Å². The summed E-state index contributed by atoms with van der Waals surface area (Å²) in [5.74, 6) is 0.775. The van der Waals surface area contributed by atoms with Gasteiger partial charge in [-0.1, -0.05) is 84.9 Å². The molecular formula is C30H31N7. The molecule has 4 aromatic rings. The highest BCUT2D eigenvalue weighted by Crippen LogP contribution is 2.32. The van der Waals surface area contributed by atoms with Gasteiger partial charge in [0, 0.05) is 32.7 Å². The smallest absolute Gasteiger partial charge is 0.187 e. The quantitative estimate of drug-likeness (QED) is 0.332. The zero-order valence-electron chi connectivity index (χ0n) is 21.3. The Bertz CT molecular complexity index is 1390. The van der Waals surface area contributed by atoms with Gasteiger partial charge < -0.3 is 0 Å². The van der Waals surface area contributed by atoms with Crippen molar-refractivity contribution in [1.82, 2.24) is 30.0 Å². The Hall–Kier alpha value is -4.12. The van der Waals surface area contributed by atoms with E-state index in [2.05, 4.69) is 105 Å². The fraction of sp³-hybridized carbons (Fsp3) is 0.267. The van der Waals surface area contributed by atoms with Crippen LogP contribution in [0.1, 0.15) is 34.1 Å². The van der Waals surface area contributed by atoms with Gasteiger partial charge in [-0.25, -0.2) is 4.85 Å². The number of piperazine rings is 1. The van der Waals surface area contributed by atoms with Crippen LogP contribution in [-0.2, 0) is 0 Å². The van der Waals surface area contributed by atoms with E-state index in [0.29, 0.717) is 5.69 Å². The number of hydrogen-bond donors (Lipinski definition) is 0. The molecule has 7 heteroatoms. The fourth-order valence-corrected chi connectivity index (χ4v) is 5.06. The van der Waals surface area contributed by atoms with Crippen LogP contribution < -0.4 is 0 Å². The number of nitrogens with zero attached hydrogens (tertiary/aromatic N) is 7. The standard InChI is InChI=1S/C30H31N7/c1-23-10-7-11-24(2)28(23)37-30(32-33-34-37)29(26-15-8-16-27(22-26)31-3)36-20-18-35(19-21-36)17-9-14-25-12-5-4-6-13-25/h4-16,22,29H,17-21H2,1-2H3/t29-/m1/s1. The first-order chi connectivity index (χ1) is 18.1. The van der Waals surface area contributed by atoms with Crippen molar-refractivity contribution in [2.75, 3.05) is 32.7 Å². The van der Waals surface area contributed by atoms with Crippen LogP contribution in [0.4, 0.5) is 5.69 Å². The van der Waals surface area contributed by atoms with E-state index in [4.69, 9.17) is 6.57 Å². The van der Waals surface area contributed by atoms with Crippen molar-refractivity contribution < 1.29 is 0 Å². The van der Waals surface area contributed by atoms with Crippen molar-refractivity contribution in [3.8, 4) is 5.69 Å². The summed E-state index contributed by atoms with van der Waals surface area (Å²) in [5.41, 5.74) is 6.14. The number of para-hydroxylation sites is 1. The maximum Gasteiger partial charge on any atom is 0.187 e. The maximum absolute atomic E-state index is 7.54. The molecule has 0 N–H and O–H groups in total.